The Kier molecular flexibility index (Phi) is 6.71. The zero-order chi connectivity index (χ0) is 12.8. The minimum Gasteiger partial charge on any atom is -0.376 e. The van der Waals surface area contributed by atoms with Crippen molar-refractivity contribution in [2.45, 2.75) is 25.7 Å². The molecule has 1 aromatic carbocycles. The molecule has 0 aromatic heterocycles. The Morgan fingerprint density at radius 3 is 2.53 bits per heavy atom. The molecule has 1 aliphatic carbocycles. The van der Waals surface area contributed by atoms with Crippen LogP contribution in [0.25, 0.3) is 0 Å². The summed E-state index contributed by atoms with van der Waals surface area (Å²) in [6.07, 6.45) is 5.22. The number of carbonyl (C=O) groups excluding carboxylic acids is 1. The first-order valence-electron chi connectivity index (χ1n) is 6.78. The highest BCUT2D eigenvalue weighted by Crippen LogP contribution is 2.25. The van der Waals surface area contributed by atoms with Crippen molar-refractivity contribution < 1.29 is 4.79 Å². The van der Waals surface area contributed by atoms with Crippen LogP contribution in [0.1, 0.15) is 25.7 Å². The first-order valence-corrected chi connectivity index (χ1v) is 6.78. The second-order valence-electron chi connectivity index (χ2n) is 5.14. The maximum atomic E-state index is 12.0. The third-order valence-electron chi connectivity index (χ3n) is 3.65. The number of hydrogen-bond donors (Lipinski definition) is 1. The summed E-state index contributed by atoms with van der Waals surface area (Å²) >= 11 is 0. The van der Waals surface area contributed by atoms with Gasteiger partial charge in [0.25, 0.3) is 0 Å². The van der Waals surface area contributed by atoms with Gasteiger partial charge < -0.3 is 10.2 Å². The van der Waals surface area contributed by atoms with E-state index in [0.29, 0.717) is 6.54 Å². The van der Waals surface area contributed by atoms with Crippen LogP contribution in [-0.4, -0.2) is 30.9 Å². The van der Waals surface area contributed by atoms with Crippen molar-refractivity contribution in [1.29, 1.82) is 0 Å². The predicted molar refractivity (Wildman–Crippen MR) is 81.8 cm³/mol. The van der Waals surface area contributed by atoms with Crippen LogP contribution in [0.4, 0.5) is 5.69 Å². The molecule has 106 valence electrons. The number of anilines is 1. The number of likely N-dealkylation sites (N-methyl/N-ethyl adjacent to an activating group) is 1. The summed E-state index contributed by atoms with van der Waals surface area (Å²) in [5.41, 5.74) is 1.00. The number of nitrogens with zero attached hydrogens (tertiary/aromatic N) is 1. The van der Waals surface area contributed by atoms with E-state index in [1.54, 1.807) is 0 Å². The summed E-state index contributed by atoms with van der Waals surface area (Å²) in [5, 5.41) is 3.16. The molecule has 1 N–H and O–H groups in total. The largest absolute Gasteiger partial charge is 0.376 e. The van der Waals surface area contributed by atoms with Crippen molar-refractivity contribution in [1.82, 2.24) is 4.90 Å². The fraction of sp³-hybridized carbons (Fsp3) is 0.533. The summed E-state index contributed by atoms with van der Waals surface area (Å²) in [6, 6.07) is 9.86. The van der Waals surface area contributed by atoms with Gasteiger partial charge in [0, 0.05) is 19.3 Å². The molecule has 3 nitrogen and oxygen atoms in total. The predicted octanol–water partition coefficient (Wildman–Crippen LogP) is 3.17. The van der Waals surface area contributed by atoms with Crippen LogP contribution < -0.4 is 5.32 Å². The van der Waals surface area contributed by atoms with Crippen LogP contribution in [-0.2, 0) is 4.79 Å². The molecule has 19 heavy (non-hydrogen) atoms. The van der Waals surface area contributed by atoms with E-state index in [-0.39, 0.29) is 18.3 Å². The monoisotopic (exact) mass is 282 g/mol. The Bertz CT molecular complexity index is 377. The average Bonchev–Trinajstić information content (AvgIpc) is 2.90. The van der Waals surface area contributed by atoms with Gasteiger partial charge in [0.05, 0.1) is 6.54 Å². The van der Waals surface area contributed by atoms with Crippen molar-refractivity contribution in [2.24, 2.45) is 5.92 Å². The van der Waals surface area contributed by atoms with Gasteiger partial charge in [0.1, 0.15) is 0 Å². The Hall–Kier alpha value is -1.22. The maximum Gasteiger partial charge on any atom is 0.241 e. The molecule has 1 amide bonds. The smallest absolute Gasteiger partial charge is 0.241 e. The summed E-state index contributed by atoms with van der Waals surface area (Å²) in [5.74, 6) is 0.890. The van der Waals surface area contributed by atoms with Crippen LogP contribution in [0.2, 0.25) is 0 Å². The van der Waals surface area contributed by atoms with E-state index in [1.807, 2.05) is 42.3 Å². The van der Waals surface area contributed by atoms with Gasteiger partial charge in [-0.05, 0) is 30.9 Å². The van der Waals surface area contributed by atoms with Gasteiger partial charge in [0.2, 0.25) is 5.91 Å². The lowest BCUT2D eigenvalue weighted by Gasteiger charge is -2.21. The fourth-order valence-corrected chi connectivity index (χ4v) is 2.55. The first kappa shape index (κ1) is 15.8. The second-order valence-corrected chi connectivity index (χ2v) is 5.14. The van der Waals surface area contributed by atoms with Gasteiger partial charge in [-0.1, -0.05) is 31.0 Å². The van der Waals surface area contributed by atoms with Crippen LogP contribution >= 0.6 is 12.4 Å². The Morgan fingerprint density at radius 1 is 1.26 bits per heavy atom. The molecule has 0 saturated heterocycles. The van der Waals surface area contributed by atoms with Crippen LogP contribution in [0.15, 0.2) is 30.3 Å². The fourth-order valence-electron chi connectivity index (χ4n) is 2.55. The van der Waals surface area contributed by atoms with E-state index in [0.717, 1.165) is 18.2 Å². The van der Waals surface area contributed by atoms with Gasteiger partial charge >= 0.3 is 0 Å². The molecule has 0 heterocycles. The number of benzene rings is 1. The molecule has 4 heteroatoms. The highest BCUT2D eigenvalue weighted by Gasteiger charge is 2.19. The Morgan fingerprint density at radius 2 is 1.89 bits per heavy atom. The summed E-state index contributed by atoms with van der Waals surface area (Å²) in [6.45, 7) is 1.29. The van der Waals surface area contributed by atoms with Gasteiger partial charge in [-0.2, -0.15) is 0 Å². The van der Waals surface area contributed by atoms with Gasteiger partial charge in [-0.25, -0.2) is 0 Å². The minimum absolute atomic E-state index is 0. The molecule has 1 aliphatic rings. The zero-order valence-electron chi connectivity index (χ0n) is 11.5. The third-order valence-corrected chi connectivity index (χ3v) is 3.65. The lowest BCUT2D eigenvalue weighted by atomic mass is 10.1. The van der Waals surface area contributed by atoms with Crippen molar-refractivity contribution in [2.75, 3.05) is 25.5 Å². The molecule has 0 unspecified atom stereocenters. The first-order chi connectivity index (χ1) is 8.75. The molecule has 2 rings (SSSR count). The molecular formula is C15H23ClN2O. The molecule has 0 aliphatic heterocycles. The lowest BCUT2D eigenvalue weighted by molar-refractivity contribution is -0.128. The van der Waals surface area contributed by atoms with Crippen LogP contribution in [0.3, 0.4) is 0 Å². The van der Waals surface area contributed by atoms with E-state index in [1.165, 1.54) is 25.7 Å². The SMILES string of the molecule is CN(CC1CCCC1)C(=O)CNc1ccccc1.Cl. The number of halogens is 1. The minimum atomic E-state index is 0. The normalized spacial score (nSPS) is 14.8. The van der Waals surface area contributed by atoms with E-state index in [4.69, 9.17) is 0 Å². The van der Waals surface area contributed by atoms with Crippen molar-refractivity contribution in [3.63, 3.8) is 0 Å². The van der Waals surface area contributed by atoms with Crippen LogP contribution in [0, 0.1) is 5.92 Å². The molecule has 1 fully saturated rings. The molecular weight excluding hydrogens is 260 g/mol. The highest BCUT2D eigenvalue weighted by molar-refractivity contribution is 5.85. The van der Waals surface area contributed by atoms with Crippen molar-refractivity contribution in [3.05, 3.63) is 30.3 Å². The standard InChI is InChI=1S/C15H22N2O.ClH/c1-17(12-13-7-5-6-8-13)15(18)11-16-14-9-3-2-4-10-14;/h2-4,9-10,13,16H,5-8,11-12H2,1H3;1H. The van der Waals surface area contributed by atoms with Gasteiger partial charge in [-0.15, -0.1) is 12.4 Å². The van der Waals surface area contributed by atoms with Crippen molar-refractivity contribution in [3.8, 4) is 0 Å². The number of hydrogen-bond acceptors (Lipinski definition) is 2. The number of carbonyl (C=O) groups is 1. The van der Waals surface area contributed by atoms with E-state index < -0.39 is 0 Å². The maximum absolute atomic E-state index is 12.0. The van der Waals surface area contributed by atoms with E-state index in [9.17, 15) is 4.79 Å². The molecule has 0 spiro atoms. The molecule has 0 bridgehead atoms. The third kappa shape index (κ3) is 5.11. The van der Waals surface area contributed by atoms with Gasteiger partial charge in [0.15, 0.2) is 0 Å². The van der Waals surface area contributed by atoms with Crippen molar-refractivity contribution >= 4 is 24.0 Å². The quantitative estimate of drug-likeness (QED) is 0.900. The lowest BCUT2D eigenvalue weighted by Crippen LogP contribution is -2.35. The second kappa shape index (κ2) is 8.05. The summed E-state index contributed by atoms with van der Waals surface area (Å²) in [4.78, 5) is 13.8. The highest BCUT2D eigenvalue weighted by atomic mass is 35.5. The van der Waals surface area contributed by atoms with Gasteiger partial charge in [-0.3, -0.25) is 4.79 Å². The number of rotatable bonds is 5. The molecule has 1 saturated carbocycles. The number of nitrogens with one attached hydrogen (secondary N) is 1. The zero-order valence-corrected chi connectivity index (χ0v) is 12.3. The van der Waals surface area contributed by atoms with E-state index >= 15 is 0 Å². The average molecular weight is 283 g/mol. The molecule has 0 radical (unpaired) electrons. The molecule has 1 aromatic rings. The Labute approximate surface area is 121 Å². The number of amides is 1. The molecule has 0 atom stereocenters. The topological polar surface area (TPSA) is 32.3 Å². The summed E-state index contributed by atoms with van der Waals surface area (Å²) < 4.78 is 0. The van der Waals surface area contributed by atoms with Crippen LogP contribution in [0.5, 0.6) is 0 Å². The Balaban J connectivity index is 0.00000180. The number of para-hydroxylation sites is 1. The summed E-state index contributed by atoms with van der Waals surface area (Å²) in [7, 11) is 1.91. The van der Waals surface area contributed by atoms with E-state index in [2.05, 4.69) is 5.32 Å².